The molecular weight excluding hydrogens is 190 g/mol. The van der Waals surface area contributed by atoms with Crippen molar-refractivity contribution in [3.8, 4) is 5.75 Å². The molecule has 82 valence electrons. The molecule has 0 aromatic heterocycles. The minimum Gasteiger partial charge on any atom is -0.508 e. The summed E-state index contributed by atoms with van der Waals surface area (Å²) in [5.74, 6) is 0.231. The molecule has 0 saturated carbocycles. The average molecular weight is 207 g/mol. The van der Waals surface area contributed by atoms with Gasteiger partial charge in [0.25, 0.3) is 0 Å². The highest BCUT2D eigenvalue weighted by molar-refractivity contribution is 5.79. The van der Waals surface area contributed by atoms with Crippen LogP contribution in [0.5, 0.6) is 5.75 Å². The highest BCUT2D eigenvalue weighted by Crippen LogP contribution is 2.16. The molecule has 3 nitrogen and oxygen atoms in total. The summed E-state index contributed by atoms with van der Waals surface area (Å²) in [6.07, 6.45) is 1.21. The number of hydrogen-bond donors (Lipinski definition) is 1. The minimum absolute atomic E-state index is 0.0401. The third-order valence-electron chi connectivity index (χ3n) is 2.32. The molecule has 0 fully saturated rings. The summed E-state index contributed by atoms with van der Waals surface area (Å²) in [5.41, 5.74) is 0.686. The van der Waals surface area contributed by atoms with Gasteiger partial charge in [-0.2, -0.15) is 0 Å². The van der Waals surface area contributed by atoms with Gasteiger partial charge in [-0.15, -0.1) is 0 Å². The summed E-state index contributed by atoms with van der Waals surface area (Å²) >= 11 is 0. The second-order valence-electron chi connectivity index (χ2n) is 3.62. The van der Waals surface area contributed by atoms with Crippen molar-refractivity contribution in [2.75, 3.05) is 13.6 Å². The number of phenols is 1. The van der Waals surface area contributed by atoms with Crippen LogP contribution in [0, 0.1) is 0 Å². The van der Waals surface area contributed by atoms with Crippen LogP contribution in [-0.2, 0) is 11.2 Å². The Labute approximate surface area is 90.3 Å². The van der Waals surface area contributed by atoms with Gasteiger partial charge >= 0.3 is 0 Å². The number of nitrogens with zero attached hydrogens (tertiary/aromatic N) is 1. The number of rotatable bonds is 4. The topological polar surface area (TPSA) is 40.5 Å². The Balaban J connectivity index is 2.62. The largest absolute Gasteiger partial charge is 0.508 e. The molecule has 0 unspecified atom stereocenters. The lowest BCUT2D eigenvalue weighted by Crippen LogP contribution is -2.28. The zero-order chi connectivity index (χ0) is 11.3. The summed E-state index contributed by atoms with van der Waals surface area (Å²) < 4.78 is 0. The molecule has 15 heavy (non-hydrogen) atoms. The number of carbonyl (C=O) groups excluding carboxylic acids is 1. The van der Waals surface area contributed by atoms with E-state index in [1.807, 2.05) is 13.0 Å². The first-order chi connectivity index (χ1) is 7.15. The van der Waals surface area contributed by atoms with Gasteiger partial charge in [0.15, 0.2) is 0 Å². The SMILES string of the molecule is CCCN(C)C(=O)Cc1ccccc1O. The van der Waals surface area contributed by atoms with E-state index in [9.17, 15) is 9.90 Å². The van der Waals surface area contributed by atoms with Gasteiger partial charge in [0.1, 0.15) is 5.75 Å². The van der Waals surface area contributed by atoms with E-state index in [0.717, 1.165) is 13.0 Å². The van der Waals surface area contributed by atoms with Crippen molar-refractivity contribution < 1.29 is 9.90 Å². The number of benzene rings is 1. The molecule has 0 bridgehead atoms. The van der Waals surface area contributed by atoms with Gasteiger partial charge < -0.3 is 10.0 Å². The molecular formula is C12H17NO2. The number of aromatic hydroxyl groups is 1. The van der Waals surface area contributed by atoms with Crippen molar-refractivity contribution >= 4 is 5.91 Å². The summed E-state index contributed by atoms with van der Waals surface area (Å²) in [4.78, 5) is 13.4. The zero-order valence-electron chi connectivity index (χ0n) is 9.23. The lowest BCUT2D eigenvalue weighted by molar-refractivity contribution is -0.129. The van der Waals surface area contributed by atoms with Crippen molar-refractivity contribution in [3.63, 3.8) is 0 Å². The second-order valence-corrected chi connectivity index (χ2v) is 3.62. The van der Waals surface area contributed by atoms with Crippen LogP contribution < -0.4 is 0 Å². The number of hydrogen-bond acceptors (Lipinski definition) is 2. The molecule has 0 radical (unpaired) electrons. The molecule has 0 heterocycles. The van der Waals surface area contributed by atoms with Gasteiger partial charge in [-0.25, -0.2) is 0 Å². The Morgan fingerprint density at radius 3 is 2.67 bits per heavy atom. The monoisotopic (exact) mass is 207 g/mol. The van der Waals surface area contributed by atoms with Gasteiger partial charge in [-0.3, -0.25) is 4.79 Å². The smallest absolute Gasteiger partial charge is 0.226 e. The van der Waals surface area contributed by atoms with Crippen LogP contribution in [0.2, 0.25) is 0 Å². The average Bonchev–Trinajstić information content (AvgIpc) is 2.21. The Morgan fingerprint density at radius 2 is 2.07 bits per heavy atom. The first-order valence-electron chi connectivity index (χ1n) is 5.16. The molecule has 1 aromatic rings. The van der Waals surface area contributed by atoms with Gasteiger partial charge in [0.05, 0.1) is 6.42 Å². The molecule has 0 spiro atoms. The normalized spacial score (nSPS) is 10.0. The molecule has 1 N–H and O–H groups in total. The summed E-state index contributed by atoms with van der Waals surface area (Å²) in [7, 11) is 1.78. The number of phenolic OH excluding ortho intramolecular Hbond substituents is 1. The predicted molar refractivity (Wildman–Crippen MR) is 59.7 cm³/mol. The Bertz CT molecular complexity index is 336. The first-order valence-corrected chi connectivity index (χ1v) is 5.16. The fourth-order valence-corrected chi connectivity index (χ4v) is 1.42. The molecule has 0 saturated heterocycles. The van der Waals surface area contributed by atoms with Crippen molar-refractivity contribution in [2.45, 2.75) is 19.8 Å². The van der Waals surface area contributed by atoms with E-state index >= 15 is 0 Å². The lowest BCUT2D eigenvalue weighted by Gasteiger charge is -2.16. The number of carbonyl (C=O) groups is 1. The van der Waals surface area contributed by atoms with Crippen LogP contribution in [0.25, 0.3) is 0 Å². The summed E-state index contributed by atoms with van der Waals surface area (Å²) in [6, 6.07) is 6.94. The van der Waals surface area contributed by atoms with E-state index < -0.39 is 0 Å². The third kappa shape index (κ3) is 3.27. The molecule has 1 aromatic carbocycles. The predicted octanol–water partition coefficient (Wildman–Crippen LogP) is 1.80. The van der Waals surface area contributed by atoms with Gasteiger partial charge in [-0.05, 0) is 12.5 Å². The Morgan fingerprint density at radius 1 is 1.40 bits per heavy atom. The Hall–Kier alpha value is -1.51. The van der Waals surface area contributed by atoms with Crippen LogP contribution in [0.15, 0.2) is 24.3 Å². The van der Waals surface area contributed by atoms with Crippen molar-refractivity contribution in [3.05, 3.63) is 29.8 Å². The van der Waals surface area contributed by atoms with Crippen LogP contribution in [0.1, 0.15) is 18.9 Å². The zero-order valence-corrected chi connectivity index (χ0v) is 9.23. The maximum atomic E-state index is 11.7. The van der Waals surface area contributed by atoms with Gasteiger partial charge in [0, 0.05) is 19.2 Å². The van der Waals surface area contributed by atoms with Crippen molar-refractivity contribution in [1.29, 1.82) is 0 Å². The van der Waals surface area contributed by atoms with Crippen LogP contribution in [0.4, 0.5) is 0 Å². The van der Waals surface area contributed by atoms with Gasteiger partial charge in [-0.1, -0.05) is 25.1 Å². The summed E-state index contributed by atoms with van der Waals surface area (Å²) in [5, 5.41) is 9.50. The summed E-state index contributed by atoms with van der Waals surface area (Å²) in [6.45, 7) is 2.79. The van der Waals surface area contributed by atoms with E-state index in [1.54, 1.807) is 30.1 Å². The highest BCUT2D eigenvalue weighted by atomic mass is 16.3. The van der Waals surface area contributed by atoms with Crippen LogP contribution in [-0.4, -0.2) is 29.5 Å². The van der Waals surface area contributed by atoms with E-state index in [-0.39, 0.29) is 18.1 Å². The maximum Gasteiger partial charge on any atom is 0.226 e. The van der Waals surface area contributed by atoms with E-state index in [1.165, 1.54) is 0 Å². The minimum atomic E-state index is 0.0401. The van der Waals surface area contributed by atoms with Crippen molar-refractivity contribution in [1.82, 2.24) is 4.90 Å². The van der Waals surface area contributed by atoms with Crippen molar-refractivity contribution in [2.24, 2.45) is 0 Å². The molecule has 0 aliphatic heterocycles. The molecule has 0 atom stereocenters. The number of amides is 1. The fourth-order valence-electron chi connectivity index (χ4n) is 1.42. The third-order valence-corrected chi connectivity index (χ3v) is 2.32. The quantitative estimate of drug-likeness (QED) is 0.818. The number of likely N-dealkylation sites (N-methyl/N-ethyl adjacent to an activating group) is 1. The van der Waals surface area contributed by atoms with E-state index in [0.29, 0.717) is 5.56 Å². The standard InChI is InChI=1S/C12H17NO2/c1-3-8-13(2)12(15)9-10-6-4-5-7-11(10)14/h4-7,14H,3,8-9H2,1-2H3. The second kappa shape index (κ2) is 5.39. The van der Waals surface area contributed by atoms with E-state index in [4.69, 9.17) is 0 Å². The maximum absolute atomic E-state index is 11.7. The number of para-hydroxylation sites is 1. The molecule has 1 amide bonds. The van der Waals surface area contributed by atoms with Gasteiger partial charge in [0.2, 0.25) is 5.91 Å². The molecule has 3 heteroatoms. The highest BCUT2D eigenvalue weighted by Gasteiger charge is 2.10. The molecule has 0 aliphatic carbocycles. The van der Waals surface area contributed by atoms with Crippen LogP contribution in [0.3, 0.4) is 0 Å². The molecule has 1 rings (SSSR count). The van der Waals surface area contributed by atoms with E-state index in [2.05, 4.69) is 0 Å². The molecule has 0 aliphatic rings. The first kappa shape index (κ1) is 11.6. The van der Waals surface area contributed by atoms with Crippen LogP contribution >= 0.6 is 0 Å². The Kier molecular flexibility index (Phi) is 4.16. The fraction of sp³-hybridized carbons (Fsp3) is 0.417. The lowest BCUT2D eigenvalue weighted by atomic mass is 10.1.